The Labute approximate surface area is 167 Å². The first-order valence-electron chi connectivity index (χ1n) is 9.64. The molecule has 0 N–H and O–H groups in total. The van der Waals surface area contributed by atoms with Crippen molar-refractivity contribution < 1.29 is 14.0 Å². The molecule has 29 heavy (non-hydrogen) atoms. The summed E-state index contributed by atoms with van der Waals surface area (Å²) < 4.78 is 18.8. The number of morpholine rings is 1. The molecule has 2 aromatic carbocycles. The van der Waals surface area contributed by atoms with Crippen molar-refractivity contribution in [3.05, 3.63) is 66.3 Å². The third kappa shape index (κ3) is 3.79. The highest BCUT2D eigenvalue weighted by Crippen LogP contribution is 2.24. The van der Waals surface area contributed by atoms with E-state index in [0.717, 1.165) is 35.8 Å². The highest BCUT2D eigenvalue weighted by molar-refractivity contribution is 5.79. The van der Waals surface area contributed by atoms with E-state index in [0.29, 0.717) is 31.5 Å². The van der Waals surface area contributed by atoms with Crippen LogP contribution in [0, 0.1) is 0 Å². The fraction of sp³-hybridized carbons (Fsp3) is 0.286. The molecule has 1 aliphatic heterocycles. The predicted octanol–water partition coefficient (Wildman–Crippen LogP) is 2.88. The number of imidazole rings is 1. The lowest BCUT2D eigenvalue weighted by molar-refractivity contribution is 0.121. The molecule has 1 saturated heterocycles. The zero-order chi connectivity index (χ0) is 19.5. The van der Waals surface area contributed by atoms with Crippen molar-refractivity contribution in [2.75, 3.05) is 31.2 Å². The van der Waals surface area contributed by atoms with Crippen LogP contribution in [0.15, 0.2) is 59.1 Å². The molecule has 0 radical (unpaired) electrons. The standard InChI is InChI=1S/C21H21N5O3/c1-2-6-16(7-3-1)28-15-19-23-20(29-24-19)14-26-18-9-5-4-8-17(18)22-21(26)25-10-12-27-13-11-25/h1-9H,10-15H2. The maximum Gasteiger partial charge on any atom is 0.246 e. The fourth-order valence-electron chi connectivity index (χ4n) is 3.44. The summed E-state index contributed by atoms with van der Waals surface area (Å²) in [6.07, 6.45) is 0. The quantitative estimate of drug-likeness (QED) is 0.500. The van der Waals surface area contributed by atoms with E-state index in [1.165, 1.54) is 0 Å². The molecule has 0 saturated carbocycles. The second-order valence-corrected chi connectivity index (χ2v) is 6.79. The van der Waals surface area contributed by atoms with Gasteiger partial charge in [-0.1, -0.05) is 35.5 Å². The molecule has 1 aliphatic rings. The molecule has 4 aromatic rings. The van der Waals surface area contributed by atoms with Gasteiger partial charge in [0.15, 0.2) is 6.61 Å². The molecule has 8 nitrogen and oxygen atoms in total. The zero-order valence-corrected chi connectivity index (χ0v) is 15.9. The van der Waals surface area contributed by atoms with Gasteiger partial charge in [0.2, 0.25) is 17.7 Å². The first-order valence-corrected chi connectivity index (χ1v) is 9.64. The Hall–Kier alpha value is -3.39. The van der Waals surface area contributed by atoms with Crippen LogP contribution in [-0.2, 0) is 17.9 Å². The Morgan fingerprint density at radius 3 is 2.59 bits per heavy atom. The summed E-state index contributed by atoms with van der Waals surface area (Å²) in [5.74, 6) is 2.71. The Kier molecular flexibility index (Phi) is 4.83. The summed E-state index contributed by atoms with van der Waals surface area (Å²) in [6.45, 7) is 3.72. The van der Waals surface area contributed by atoms with E-state index in [4.69, 9.17) is 19.0 Å². The number of rotatable bonds is 6. The van der Waals surface area contributed by atoms with Gasteiger partial charge < -0.3 is 23.5 Å². The van der Waals surface area contributed by atoms with Crippen molar-refractivity contribution >= 4 is 17.0 Å². The Morgan fingerprint density at radius 1 is 0.931 bits per heavy atom. The zero-order valence-electron chi connectivity index (χ0n) is 15.9. The molecule has 0 spiro atoms. The smallest absolute Gasteiger partial charge is 0.246 e. The summed E-state index contributed by atoms with van der Waals surface area (Å²) in [7, 11) is 0. The number of nitrogens with zero attached hydrogens (tertiary/aromatic N) is 5. The Morgan fingerprint density at radius 2 is 1.72 bits per heavy atom. The van der Waals surface area contributed by atoms with Gasteiger partial charge in [-0.2, -0.15) is 4.98 Å². The van der Waals surface area contributed by atoms with Crippen molar-refractivity contribution in [2.24, 2.45) is 0 Å². The van der Waals surface area contributed by atoms with Gasteiger partial charge in [-0.3, -0.25) is 0 Å². The fourth-order valence-corrected chi connectivity index (χ4v) is 3.44. The summed E-state index contributed by atoms with van der Waals surface area (Å²) >= 11 is 0. The molecule has 0 amide bonds. The van der Waals surface area contributed by atoms with Crippen LogP contribution in [0.3, 0.4) is 0 Å². The lowest BCUT2D eigenvalue weighted by atomic mass is 10.3. The maximum absolute atomic E-state index is 5.70. The second kappa shape index (κ2) is 7.92. The highest BCUT2D eigenvalue weighted by Gasteiger charge is 2.21. The summed E-state index contributed by atoms with van der Waals surface area (Å²) in [6, 6.07) is 17.7. The number of fused-ring (bicyclic) bond motifs is 1. The average molecular weight is 391 g/mol. The van der Waals surface area contributed by atoms with E-state index >= 15 is 0 Å². The van der Waals surface area contributed by atoms with E-state index < -0.39 is 0 Å². The molecule has 0 atom stereocenters. The van der Waals surface area contributed by atoms with E-state index in [9.17, 15) is 0 Å². The van der Waals surface area contributed by atoms with Gasteiger partial charge in [0.1, 0.15) is 12.3 Å². The van der Waals surface area contributed by atoms with Gasteiger partial charge in [0.25, 0.3) is 0 Å². The minimum Gasteiger partial charge on any atom is -0.485 e. The van der Waals surface area contributed by atoms with Crippen LogP contribution in [-0.4, -0.2) is 46.0 Å². The van der Waals surface area contributed by atoms with E-state index in [1.54, 1.807) is 0 Å². The summed E-state index contributed by atoms with van der Waals surface area (Å²) in [4.78, 5) is 11.6. The third-order valence-electron chi connectivity index (χ3n) is 4.84. The first-order chi connectivity index (χ1) is 14.4. The Balaban J connectivity index is 1.38. The van der Waals surface area contributed by atoms with Crippen molar-refractivity contribution in [3.8, 4) is 5.75 Å². The normalized spacial score (nSPS) is 14.4. The van der Waals surface area contributed by atoms with Gasteiger partial charge in [-0.15, -0.1) is 0 Å². The van der Waals surface area contributed by atoms with Crippen LogP contribution in [0.2, 0.25) is 0 Å². The van der Waals surface area contributed by atoms with Crippen LogP contribution in [0.5, 0.6) is 5.75 Å². The first kappa shape index (κ1) is 17.7. The van der Waals surface area contributed by atoms with Gasteiger partial charge in [0, 0.05) is 13.1 Å². The van der Waals surface area contributed by atoms with E-state index in [2.05, 4.69) is 25.7 Å². The molecule has 1 fully saturated rings. The molecule has 0 unspecified atom stereocenters. The van der Waals surface area contributed by atoms with Crippen molar-refractivity contribution in [3.63, 3.8) is 0 Å². The van der Waals surface area contributed by atoms with Crippen LogP contribution < -0.4 is 9.64 Å². The molecule has 0 aliphatic carbocycles. The van der Waals surface area contributed by atoms with E-state index in [-0.39, 0.29) is 6.61 Å². The van der Waals surface area contributed by atoms with Crippen molar-refractivity contribution in [1.82, 2.24) is 19.7 Å². The summed E-state index contributed by atoms with van der Waals surface area (Å²) in [5, 5.41) is 4.06. The number of hydrogen-bond acceptors (Lipinski definition) is 7. The van der Waals surface area contributed by atoms with Crippen LogP contribution in [0.1, 0.15) is 11.7 Å². The molecular weight excluding hydrogens is 370 g/mol. The van der Waals surface area contributed by atoms with Crippen molar-refractivity contribution in [2.45, 2.75) is 13.2 Å². The number of anilines is 1. The summed E-state index contributed by atoms with van der Waals surface area (Å²) in [5.41, 5.74) is 1.98. The second-order valence-electron chi connectivity index (χ2n) is 6.79. The minimum absolute atomic E-state index is 0.258. The molecule has 5 rings (SSSR count). The molecule has 0 bridgehead atoms. The molecule has 3 heterocycles. The Bertz CT molecular complexity index is 1090. The molecule has 148 valence electrons. The topological polar surface area (TPSA) is 78.4 Å². The number of hydrogen-bond donors (Lipinski definition) is 0. The number of aromatic nitrogens is 4. The number of benzene rings is 2. The van der Waals surface area contributed by atoms with Gasteiger partial charge in [-0.25, -0.2) is 4.98 Å². The average Bonchev–Trinajstić information content (AvgIpc) is 3.39. The third-order valence-corrected chi connectivity index (χ3v) is 4.84. The maximum atomic E-state index is 5.70. The van der Waals surface area contributed by atoms with E-state index in [1.807, 2.05) is 48.5 Å². The molecule has 2 aromatic heterocycles. The lowest BCUT2D eigenvalue weighted by Gasteiger charge is -2.28. The monoisotopic (exact) mass is 391 g/mol. The van der Waals surface area contributed by atoms with Crippen LogP contribution in [0.25, 0.3) is 11.0 Å². The van der Waals surface area contributed by atoms with Crippen molar-refractivity contribution in [1.29, 1.82) is 0 Å². The number of para-hydroxylation sites is 3. The minimum atomic E-state index is 0.258. The van der Waals surface area contributed by atoms with Gasteiger partial charge in [0.05, 0.1) is 24.2 Å². The largest absolute Gasteiger partial charge is 0.485 e. The predicted molar refractivity (Wildman–Crippen MR) is 107 cm³/mol. The van der Waals surface area contributed by atoms with Gasteiger partial charge in [-0.05, 0) is 24.3 Å². The molecule has 8 heteroatoms. The van der Waals surface area contributed by atoms with Gasteiger partial charge >= 0.3 is 0 Å². The van der Waals surface area contributed by atoms with Crippen LogP contribution >= 0.6 is 0 Å². The molecular formula is C21H21N5O3. The van der Waals surface area contributed by atoms with Crippen LogP contribution in [0.4, 0.5) is 5.95 Å². The lowest BCUT2D eigenvalue weighted by Crippen LogP contribution is -2.38. The SMILES string of the molecule is c1ccc(OCc2noc(Cn3c(N4CCOCC4)nc4ccccc43)n2)cc1. The number of ether oxygens (including phenoxy) is 2. The highest BCUT2D eigenvalue weighted by atomic mass is 16.5.